The molecule has 0 fully saturated rings. The van der Waals surface area contributed by atoms with E-state index in [9.17, 15) is 5.11 Å². The summed E-state index contributed by atoms with van der Waals surface area (Å²) in [7, 11) is 1.99. The van der Waals surface area contributed by atoms with Gasteiger partial charge in [0.15, 0.2) is 0 Å². The van der Waals surface area contributed by atoms with Gasteiger partial charge < -0.3 is 9.84 Å². The lowest BCUT2D eigenvalue weighted by Crippen LogP contribution is -2.31. The Hall–Kier alpha value is -1.91. The Morgan fingerprint density at radius 1 is 1.25 bits per heavy atom. The summed E-state index contributed by atoms with van der Waals surface area (Å²) in [5.74, 6) is 1.54. The van der Waals surface area contributed by atoms with Crippen LogP contribution in [0, 0.1) is 0 Å². The van der Waals surface area contributed by atoms with Crippen LogP contribution in [0.25, 0.3) is 0 Å². The maximum absolute atomic E-state index is 9.21. The number of likely N-dealkylation sites (N-methyl/N-ethyl adjacent to an activating group) is 1. The largest absolute Gasteiger partial charge is 0.455 e. The number of aliphatic hydroxyl groups excluding tert-OH is 1. The molecule has 0 amide bonds. The Labute approximate surface area is 119 Å². The van der Waals surface area contributed by atoms with Gasteiger partial charge in [-0.05, 0) is 32.2 Å². The van der Waals surface area contributed by atoms with Gasteiger partial charge in [-0.2, -0.15) is 0 Å². The van der Waals surface area contributed by atoms with Crippen molar-refractivity contribution in [3.05, 3.63) is 54.4 Å². The molecule has 0 radical (unpaired) electrons. The van der Waals surface area contributed by atoms with Crippen molar-refractivity contribution in [3.63, 3.8) is 0 Å². The van der Waals surface area contributed by atoms with Crippen LogP contribution < -0.4 is 4.74 Å². The summed E-state index contributed by atoms with van der Waals surface area (Å²) in [5.41, 5.74) is 1.08. The van der Waals surface area contributed by atoms with E-state index in [4.69, 9.17) is 4.74 Å². The summed E-state index contributed by atoms with van der Waals surface area (Å²) >= 11 is 0. The standard InChI is InChI=1S/C16H20N2O2/c1-13(12-19)18(2)11-14-6-3-4-8-16(14)20-15-7-5-9-17-10-15/h3-10,13,19H,11-12H2,1-2H3. The van der Waals surface area contributed by atoms with Gasteiger partial charge in [0.05, 0.1) is 12.8 Å². The van der Waals surface area contributed by atoms with E-state index in [-0.39, 0.29) is 12.6 Å². The highest BCUT2D eigenvalue weighted by Crippen LogP contribution is 2.25. The van der Waals surface area contributed by atoms with Gasteiger partial charge in [-0.25, -0.2) is 0 Å². The smallest absolute Gasteiger partial charge is 0.145 e. The van der Waals surface area contributed by atoms with Crippen LogP contribution in [0.15, 0.2) is 48.8 Å². The highest BCUT2D eigenvalue weighted by atomic mass is 16.5. The maximum Gasteiger partial charge on any atom is 0.145 e. The van der Waals surface area contributed by atoms with Crippen LogP contribution in [0.2, 0.25) is 0 Å². The zero-order chi connectivity index (χ0) is 14.4. The number of ether oxygens (including phenoxy) is 1. The van der Waals surface area contributed by atoms with E-state index in [0.29, 0.717) is 0 Å². The Morgan fingerprint density at radius 3 is 2.75 bits per heavy atom. The lowest BCUT2D eigenvalue weighted by molar-refractivity contribution is 0.153. The second-order valence-electron chi connectivity index (χ2n) is 4.85. The molecule has 1 aromatic heterocycles. The fourth-order valence-corrected chi connectivity index (χ4v) is 1.83. The summed E-state index contributed by atoms with van der Waals surface area (Å²) in [5, 5.41) is 9.21. The molecule has 20 heavy (non-hydrogen) atoms. The fourth-order valence-electron chi connectivity index (χ4n) is 1.83. The molecule has 1 unspecified atom stereocenters. The van der Waals surface area contributed by atoms with E-state index in [1.54, 1.807) is 12.4 Å². The SMILES string of the molecule is CC(CO)N(C)Cc1ccccc1Oc1cccnc1. The minimum absolute atomic E-state index is 0.112. The third-order valence-electron chi connectivity index (χ3n) is 3.27. The normalized spacial score (nSPS) is 12.4. The van der Waals surface area contributed by atoms with Crippen molar-refractivity contribution in [1.29, 1.82) is 0 Å². The monoisotopic (exact) mass is 272 g/mol. The quantitative estimate of drug-likeness (QED) is 0.878. The first-order valence-electron chi connectivity index (χ1n) is 6.67. The number of hydrogen-bond donors (Lipinski definition) is 1. The predicted octanol–water partition coefficient (Wildman–Crippen LogP) is 2.69. The summed E-state index contributed by atoms with van der Waals surface area (Å²) < 4.78 is 5.87. The molecule has 0 bridgehead atoms. The molecule has 2 rings (SSSR count). The van der Waals surface area contributed by atoms with Gasteiger partial charge in [0.2, 0.25) is 0 Å². The van der Waals surface area contributed by atoms with Gasteiger partial charge in [-0.3, -0.25) is 9.88 Å². The minimum atomic E-state index is 0.112. The summed E-state index contributed by atoms with van der Waals surface area (Å²) in [4.78, 5) is 6.13. The number of benzene rings is 1. The van der Waals surface area contributed by atoms with Crippen molar-refractivity contribution in [2.75, 3.05) is 13.7 Å². The molecule has 1 atom stereocenters. The van der Waals surface area contributed by atoms with Crippen molar-refractivity contribution >= 4 is 0 Å². The molecule has 0 spiro atoms. The van der Waals surface area contributed by atoms with E-state index in [0.717, 1.165) is 23.6 Å². The Kier molecular flexibility index (Phi) is 5.09. The predicted molar refractivity (Wildman–Crippen MR) is 78.8 cm³/mol. The van der Waals surface area contributed by atoms with Gasteiger partial charge >= 0.3 is 0 Å². The van der Waals surface area contributed by atoms with Crippen LogP contribution in [-0.4, -0.2) is 34.7 Å². The number of aromatic nitrogens is 1. The number of pyridine rings is 1. The fraction of sp³-hybridized carbons (Fsp3) is 0.312. The molecule has 1 N–H and O–H groups in total. The number of rotatable bonds is 6. The second-order valence-corrected chi connectivity index (χ2v) is 4.85. The molecule has 0 aliphatic rings. The Balaban J connectivity index is 2.14. The lowest BCUT2D eigenvalue weighted by Gasteiger charge is -2.23. The van der Waals surface area contributed by atoms with E-state index in [1.165, 1.54) is 0 Å². The first-order chi connectivity index (χ1) is 9.70. The minimum Gasteiger partial charge on any atom is -0.455 e. The third-order valence-corrected chi connectivity index (χ3v) is 3.27. The molecule has 0 aliphatic heterocycles. The van der Waals surface area contributed by atoms with E-state index in [1.807, 2.05) is 50.4 Å². The van der Waals surface area contributed by atoms with Crippen molar-refractivity contribution in [3.8, 4) is 11.5 Å². The summed E-state index contributed by atoms with van der Waals surface area (Å²) in [6, 6.07) is 11.8. The highest BCUT2D eigenvalue weighted by molar-refractivity contribution is 5.37. The van der Waals surface area contributed by atoms with E-state index in [2.05, 4.69) is 9.88 Å². The molecular formula is C16H20N2O2. The van der Waals surface area contributed by atoms with Gasteiger partial charge in [-0.15, -0.1) is 0 Å². The van der Waals surface area contributed by atoms with Crippen LogP contribution >= 0.6 is 0 Å². The first-order valence-corrected chi connectivity index (χ1v) is 6.67. The Bertz CT molecular complexity index is 531. The molecule has 1 heterocycles. The first kappa shape index (κ1) is 14.5. The number of para-hydroxylation sites is 1. The van der Waals surface area contributed by atoms with Gasteiger partial charge in [-0.1, -0.05) is 18.2 Å². The van der Waals surface area contributed by atoms with Crippen LogP contribution in [0.1, 0.15) is 12.5 Å². The number of aliphatic hydroxyl groups is 1. The van der Waals surface area contributed by atoms with Gasteiger partial charge in [0.1, 0.15) is 11.5 Å². The third kappa shape index (κ3) is 3.79. The number of nitrogens with zero attached hydrogens (tertiary/aromatic N) is 2. The van der Waals surface area contributed by atoms with Crippen molar-refractivity contribution in [1.82, 2.24) is 9.88 Å². The van der Waals surface area contributed by atoms with E-state index >= 15 is 0 Å². The van der Waals surface area contributed by atoms with Crippen LogP contribution in [0.4, 0.5) is 0 Å². The van der Waals surface area contributed by atoms with Crippen molar-refractivity contribution in [2.45, 2.75) is 19.5 Å². The van der Waals surface area contributed by atoms with Crippen LogP contribution in [0.3, 0.4) is 0 Å². The molecule has 0 saturated heterocycles. The topological polar surface area (TPSA) is 45.6 Å². The van der Waals surface area contributed by atoms with Gasteiger partial charge in [0, 0.05) is 24.3 Å². The highest BCUT2D eigenvalue weighted by Gasteiger charge is 2.11. The lowest BCUT2D eigenvalue weighted by atomic mass is 10.1. The Morgan fingerprint density at radius 2 is 2.05 bits per heavy atom. The molecule has 4 heteroatoms. The van der Waals surface area contributed by atoms with E-state index < -0.39 is 0 Å². The summed E-state index contributed by atoms with van der Waals surface area (Å²) in [6.07, 6.45) is 3.41. The molecule has 0 aliphatic carbocycles. The molecule has 1 aromatic carbocycles. The molecule has 4 nitrogen and oxygen atoms in total. The molecular weight excluding hydrogens is 252 g/mol. The average Bonchev–Trinajstić information content (AvgIpc) is 2.49. The maximum atomic E-state index is 9.21. The second kappa shape index (κ2) is 7.03. The number of hydrogen-bond acceptors (Lipinski definition) is 4. The van der Waals surface area contributed by atoms with Crippen molar-refractivity contribution < 1.29 is 9.84 Å². The van der Waals surface area contributed by atoms with Gasteiger partial charge in [0.25, 0.3) is 0 Å². The van der Waals surface area contributed by atoms with Crippen LogP contribution in [0.5, 0.6) is 11.5 Å². The molecule has 2 aromatic rings. The molecule has 106 valence electrons. The molecule has 0 saturated carbocycles. The zero-order valence-electron chi connectivity index (χ0n) is 11.9. The zero-order valence-corrected chi connectivity index (χ0v) is 11.9. The average molecular weight is 272 g/mol. The van der Waals surface area contributed by atoms with Crippen molar-refractivity contribution in [2.24, 2.45) is 0 Å². The summed E-state index contributed by atoms with van der Waals surface area (Å²) in [6.45, 7) is 2.85. The van der Waals surface area contributed by atoms with Crippen LogP contribution in [-0.2, 0) is 6.54 Å².